The van der Waals surface area contributed by atoms with E-state index in [2.05, 4.69) is 163 Å². The van der Waals surface area contributed by atoms with Crippen molar-refractivity contribution < 1.29 is 13.9 Å². The largest absolute Gasteiger partial charge is 0.454 e. The summed E-state index contributed by atoms with van der Waals surface area (Å²) in [7, 11) is 0. The zero-order chi connectivity index (χ0) is 37.6. The third-order valence-corrected chi connectivity index (χ3v) is 12.7. The lowest BCUT2D eigenvalue weighted by atomic mass is 9.42. The first-order chi connectivity index (χ1) is 28.0. The molecule has 0 amide bonds. The molecule has 0 N–H and O–H groups in total. The molecule has 0 spiro atoms. The Morgan fingerprint density at radius 2 is 1.19 bits per heavy atom. The lowest BCUT2D eigenvalue weighted by Crippen LogP contribution is -2.62. The Bertz CT molecular complexity index is 3190. The van der Waals surface area contributed by atoms with E-state index in [1.54, 1.807) is 0 Å². The van der Waals surface area contributed by atoms with Crippen LogP contribution in [0, 0.1) is 0 Å². The van der Waals surface area contributed by atoms with Crippen molar-refractivity contribution in [3.63, 3.8) is 0 Å². The molecule has 9 aromatic rings. The predicted octanol–water partition coefficient (Wildman–Crippen LogP) is 12.5. The lowest BCUT2D eigenvalue weighted by Gasteiger charge is -2.50. The molecular formula is C51H33BN2O3. The molecule has 57 heavy (non-hydrogen) atoms. The summed E-state index contributed by atoms with van der Waals surface area (Å²) < 4.78 is 20.3. The van der Waals surface area contributed by atoms with Gasteiger partial charge in [0.25, 0.3) is 0 Å². The van der Waals surface area contributed by atoms with Gasteiger partial charge in [-0.3, -0.25) is 0 Å². The van der Waals surface area contributed by atoms with Gasteiger partial charge in [0.15, 0.2) is 28.6 Å². The van der Waals surface area contributed by atoms with E-state index in [4.69, 9.17) is 13.9 Å². The van der Waals surface area contributed by atoms with E-state index in [0.29, 0.717) is 23.0 Å². The maximum Gasteiger partial charge on any atom is 0.333 e. The Kier molecular flexibility index (Phi) is 5.99. The summed E-state index contributed by atoms with van der Waals surface area (Å²) in [6, 6.07) is 58.5. The number of fused-ring (bicyclic) bond motifs is 12. The van der Waals surface area contributed by atoms with Crippen LogP contribution >= 0.6 is 0 Å². The predicted molar refractivity (Wildman–Crippen MR) is 232 cm³/mol. The van der Waals surface area contributed by atoms with Crippen LogP contribution in [0.5, 0.6) is 23.0 Å². The molecule has 0 saturated carbocycles. The van der Waals surface area contributed by atoms with Crippen molar-refractivity contribution in [2.75, 3.05) is 9.71 Å². The quantitative estimate of drug-likeness (QED) is 0.166. The number of para-hydroxylation sites is 5. The fourth-order valence-electron chi connectivity index (χ4n) is 10.1. The topological polar surface area (TPSA) is 38.1 Å². The van der Waals surface area contributed by atoms with E-state index in [1.165, 1.54) is 44.6 Å². The molecule has 0 radical (unpaired) electrons. The molecular weight excluding hydrogens is 699 g/mol. The molecule has 8 aromatic carbocycles. The minimum Gasteiger partial charge on any atom is -0.454 e. The maximum atomic E-state index is 7.02. The first-order valence-corrected chi connectivity index (χ1v) is 19.6. The fraction of sp³-hybridized carbons (Fsp3) is 0.0588. The van der Waals surface area contributed by atoms with Crippen molar-refractivity contribution in [3.05, 3.63) is 175 Å². The van der Waals surface area contributed by atoms with Crippen molar-refractivity contribution >= 4 is 68.1 Å². The van der Waals surface area contributed by atoms with Gasteiger partial charge in [-0.25, -0.2) is 0 Å². The van der Waals surface area contributed by atoms with Gasteiger partial charge in [0, 0.05) is 44.9 Å². The van der Waals surface area contributed by atoms with Gasteiger partial charge in [0.05, 0.1) is 11.4 Å². The number of nitrogens with zero attached hydrogens (tertiary/aromatic N) is 2. The SMILES string of the molecule is CC1(C)c2ccccc2N2c3c(cccc31)B1c3c(cc4c(oc5ccccc54)c32)-c2cc3c(cc2N1c1ccc(-c2ccccc2)cc1)Oc1ccccc1O3. The van der Waals surface area contributed by atoms with E-state index in [1.807, 2.05) is 24.3 Å². The van der Waals surface area contributed by atoms with Gasteiger partial charge < -0.3 is 23.6 Å². The second-order valence-corrected chi connectivity index (χ2v) is 16.0. The number of benzene rings is 8. The fourth-order valence-corrected chi connectivity index (χ4v) is 10.1. The Morgan fingerprint density at radius 1 is 0.509 bits per heavy atom. The summed E-state index contributed by atoms with van der Waals surface area (Å²) in [6.45, 7) is 4.53. The molecule has 0 bridgehead atoms. The summed E-state index contributed by atoms with van der Waals surface area (Å²) in [5.41, 5.74) is 16.8. The van der Waals surface area contributed by atoms with Crippen molar-refractivity contribution in [2.24, 2.45) is 0 Å². The summed E-state index contributed by atoms with van der Waals surface area (Å²) >= 11 is 0. The minimum atomic E-state index is -0.243. The molecule has 5 heterocycles. The monoisotopic (exact) mass is 732 g/mol. The summed E-state index contributed by atoms with van der Waals surface area (Å²) in [6.07, 6.45) is 0. The second kappa shape index (κ2) is 11.0. The van der Waals surface area contributed by atoms with Crippen molar-refractivity contribution in [1.82, 2.24) is 0 Å². The van der Waals surface area contributed by atoms with Crippen LogP contribution in [0.15, 0.2) is 168 Å². The number of hydrogen-bond acceptors (Lipinski definition) is 5. The van der Waals surface area contributed by atoms with Gasteiger partial charge in [0.1, 0.15) is 5.58 Å². The van der Waals surface area contributed by atoms with Gasteiger partial charge in [0.2, 0.25) is 0 Å². The first kappa shape index (κ1) is 31.1. The number of anilines is 5. The average Bonchev–Trinajstić information content (AvgIpc) is 3.63. The number of rotatable bonds is 2. The van der Waals surface area contributed by atoms with Crippen LogP contribution in [0.2, 0.25) is 0 Å². The maximum absolute atomic E-state index is 7.02. The smallest absolute Gasteiger partial charge is 0.333 e. The highest BCUT2D eigenvalue weighted by molar-refractivity contribution is 6.94. The Balaban J connectivity index is 1.17. The zero-order valence-corrected chi connectivity index (χ0v) is 31.3. The van der Waals surface area contributed by atoms with E-state index in [0.717, 1.165) is 50.1 Å². The van der Waals surface area contributed by atoms with Crippen molar-refractivity contribution in [1.29, 1.82) is 0 Å². The average molecular weight is 733 g/mol. The molecule has 0 aliphatic carbocycles. The molecule has 0 unspecified atom stereocenters. The van der Waals surface area contributed by atoms with Gasteiger partial charge in [-0.05, 0) is 87.3 Å². The summed E-state index contributed by atoms with van der Waals surface area (Å²) in [4.78, 5) is 5.04. The molecule has 0 fully saturated rings. The van der Waals surface area contributed by atoms with Gasteiger partial charge in [-0.2, -0.15) is 0 Å². The van der Waals surface area contributed by atoms with Crippen molar-refractivity contribution in [2.45, 2.75) is 19.3 Å². The molecule has 0 atom stereocenters. The van der Waals surface area contributed by atoms with Crippen LogP contribution in [-0.2, 0) is 5.41 Å². The highest BCUT2D eigenvalue weighted by atomic mass is 16.6. The van der Waals surface area contributed by atoms with Crippen LogP contribution in [0.3, 0.4) is 0 Å². The van der Waals surface area contributed by atoms with E-state index in [-0.39, 0.29) is 12.3 Å². The van der Waals surface area contributed by atoms with E-state index >= 15 is 0 Å². The summed E-state index contributed by atoms with van der Waals surface area (Å²) in [5, 5.41) is 2.19. The molecule has 5 nitrogen and oxygen atoms in total. The van der Waals surface area contributed by atoms with Crippen LogP contribution in [0.25, 0.3) is 44.2 Å². The van der Waals surface area contributed by atoms with Crippen LogP contribution < -0.4 is 30.1 Å². The Morgan fingerprint density at radius 3 is 2.02 bits per heavy atom. The molecule has 4 aliphatic heterocycles. The molecule has 13 rings (SSSR count). The normalized spacial score (nSPS) is 14.8. The zero-order valence-electron chi connectivity index (χ0n) is 31.3. The van der Waals surface area contributed by atoms with Crippen LogP contribution in [0.4, 0.5) is 28.4 Å². The minimum absolute atomic E-state index is 0.190. The third-order valence-electron chi connectivity index (χ3n) is 12.7. The summed E-state index contributed by atoms with van der Waals surface area (Å²) in [5.74, 6) is 2.80. The molecule has 6 heteroatoms. The highest BCUT2D eigenvalue weighted by Gasteiger charge is 2.51. The molecule has 268 valence electrons. The number of hydrogen-bond donors (Lipinski definition) is 0. The number of furan rings is 1. The van der Waals surface area contributed by atoms with Crippen LogP contribution in [-0.4, -0.2) is 6.85 Å². The van der Waals surface area contributed by atoms with E-state index in [9.17, 15) is 0 Å². The van der Waals surface area contributed by atoms with Gasteiger partial charge >= 0.3 is 6.85 Å². The van der Waals surface area contributed by atoms with E-state index < -0.39 is 0 Å². The third kappa shape index (κ3) is 4.09. The first-order valence-electron chi connectivity index (χ1n) is 19.6. The number of ether oxygens (including phenoxy) is 2. The lowest BCUT2D eigenvalue weighted by molar-refractivity contribution is 0.360. The van der Waals surface area contributed by atoms with Gasteiger partial charge in [-0.1, -0.05) is 123 Å². The van der Waals surface area contributed by atoms with Crippen molar-refractivity contribution in [3.8, 4) is 45.3 Å². The molecule has 0 saturated heterocycles. The molecule has 4 aliphatic rings. The Labute approximate surface area is 330 Å². The standard InChI is InChI=1S/C51H33BN2O3/c1-51(2)37-16-7-8-19-40(37)53-48-38(51)17-12-18-39(48)52-47-35(27-36-33-15-6-9-20-42(33)57-50(36)49(47)53)34-28-45-46(56-44-22-11-10-21-43(44)55-45)29-41(34)54(52)32-25-23-31(24-26-32)30-13-4-3-5-14-30/h3-29H,1-2H3. The van der Waals surface area contributed by atoms with Gasteiger partial charge in [-0.15, -0.1) is 0 Å². The second-order valence-electron chi connectivity index (χ2n) is 16.0. The highest BCUT2D eigenvalue weighted by Crippen LogP contribution is 2.58. The van der Waals surface area contributed by atoms with Crippen LogP contribution in [0.1, 0.15) is 25.0 Å². The molecule has 1 aromatic heterocycles. The Hall–Kier alpha value is -7.18.